The zero-order valence-electron chi connectivity index (χ0n) is 23.8. The molecule has 1 atom stereocenters. The van der Waals surface area contributed by atoms with Crippen LogP contribution in [0.15, 0.2) is 92.2 Å². The highest BCUT2D eigenvalue weighted by molar-refractivity contribution is 7.89. The van der Waals surface area contributed by atoms with Crippen molar-refractivity contribution >= 4 is 59.8 Å². The van der Waals surface area contributed by atoms with Crippen LogP contribution in [-0.4, -0.2) is 42.4 Å². The first-order chi connectivity index (χ1) is 20.8. The SMILES string of the molecule is CCC1CCCCN1S(=O)(=O)c1ccc(C(=O)N(/N=C/c2coc3ccccc3c2=O)c2nc3ccc(C)cc3s2)cc1. The van der Waals surface area contributed by atoms with Gasteiger partial charge in [-0.1, -0.05) is 42.9 Å². The van der Waals surface area contributed by atoms with E-state index in [-0.39, 0.29) is 27.5 Å². The first-order valence-electron chi connectivity index (χ1n) is 14.1. The third kappa shape index (κ3) is 5.63. The van der Waals surface area contributed by atoms with Gasteiger partial charge in [-0.2, -0.15) is 14.4 Å². The van der Waals surface area contributed by atoms with Crippen molar-refractivity contribution in [1.82, 2.24) is 9.29 Å². The molecule has 1 unspecified atom stereocenters. The number of hydrogen-bond donors (Lipinski definition) is 0. The van der Waals surface area contributed by atoms with Crippen LogP contribution in [0.3, 0.4) is 0 Å². The number of nitrogens with zero attached hydrogens (tertiary/aromatic N) is 4. The molecule has 1 fully saturated rings. The number of sulfonamides is 1. The molecular formula is C32H30N4O5S2. The van der Waals surface area contributed by atoms with E-state index in [1.165, 1.54) is 48.1 Å². The molecule has 11 heteroatoms. The molecule has 3 aromatic carbocycles. The maximum Gasteiger partial charge on any atom is 0.280 e. The van der Waals surface area contributed by atoms with Gasteiger partial charge in [0, 0.05) is 18.2 Å². The summed E-state index contributed by atoms with van der Waals surface area (Å²) in [6.07, 6.45) is 6.03. The summed E-state index contributed by atoms with van der Waals surface area (Å²) in [6.45, 7) is 4.46. The highest BCUT2D eigenvalue weighted by Gasteiger charge is 2.32. The third-order valence-electron chi connectivity index (χ3n) is 7.68. The van der Waals surface area contributed by atoms with Crippen LogP contribution in [0.5, 0.6) is 0 Å². The lowest BCUT2D eigenvalue weighted by Crippen LogP contribution is -2.43. The average Bonchev–Trinajstić information content (AvgIpc) is 3.45. The Hall–Kier alpha value is -4.19. The minimum Gasteiger partial charge on any atom is -0.463 e. The molecule has 1 aliphatic rings. The summed E-state index contributed by atoms with van der Waals surface area (Å²) in [4.78, 5) is 31.7. The third-order valence-corrected chi connectivity index (χ3v) is 10.6. The molecule has 3 heterocycles. The number of hydrazone groups is 1. The van der Waals surface area contributed by atoms with Crippen molar-refractivity contribution in [3.05, 3.63) is 99.9 Å². The Labute approximate surface area is 253 Å². The summed E-state index contributed by atoms with van der Waals surface area (Å²) in [5.41, 5.74) is 2.31. The Bertz CT molecular complexity index is 2020. The first-order valence-corrected chi connectivity index (χ1v) is 16.4. The molecule has 9 nitrogen and oxygen atoms in total. The number of benzene rings is 3. The van der Waals surface area contributed by atoms with Crippen molar-refractivity contribution in [2.45, 2.75) is 50.5 Å². The van der Waals surface area contributed by atoms with Crippen molar-refractivity contribution in [2.75, 3.05) is 11.6 Å². The number of carbonyl (C=O) groups is 1. The van der Waals surface area contributed by atoms with Crippen molar-refractivity contribution in [2.24, 2.45) is 5.10 Å². The molecular weight excluding hydrogens is 585 g/mol. The molecule has 220 valence electrons. The highest BCUT2D eigenvalue weighted by Crippen LogP contribution is 2.32. The molecule has 0 spiro atoms. The molecule has 1 aliphatic heterocycles. The van der Waals surface area contributed by atoms with Crippen LogP contribution in [-0.2, 0) is 10.0 Å². The number of aryl methyl sites for hydroxylation is 1. The summed E-state index contributed by atoms with van der Waals surface area (Å²) < 4.78 is 35.0. The second kappa shape index (κ2) is 11.8. The monoisotopic (exact) mass is 614 g/mol. The van der Waals surface area contributed by atoms with Crippen LogP contribution in [0.25, 0.3) is 21.2 Å². The van der Waals surface area contributed by atoms with Gasteiger partial charge >= 0.3 is 0 Å². The van der Waals surface area contributed by atoms with E-state index in [0.717, 1.165) is 41.0 Å². The second-order valence-electron chi connectivity index (χ2n) is 10.5. The van der Waals surface area contributed by atoms with Crippen molar-refractivity contribution < 1.29 is 17.6 Å². The van der Waals surface area contributed by atoms with E-state index in [1.54, 1.807) is 28.6 Å². The molecule has 0 aliphatic carbocycles. The summed E-state index contributed by atoms with van der Waals surface area (Å²) in [7, 11) is -3.71. The topological polar surface area (TPSA) is 113 Å². The van der Waals surface area contributed by atoms with E-state index in [0.29, 0.717) is 28.2 Å². The molecule has 0 N–H and O–H groups in total. The number of carbonyl (C=O) groups excluding carboxylic acids is 1. The van der Waals surface area contributed by atoms with Crippen molar-refractivity contribution in [3.8, 4) is 0 Å². The van der Waals surface area contributed by atoms with Crippen LogP contribution in [0.4, 0.5) is 5.13 Å². The van der Waals surface area contributed by atoms with Gasteiger partial charge in [0.1, 0.15) is 11.8 Å². The average molecular weight is 615 g/mol. The summed E-state index contributed by atoms with van der Waals surface area (Å²) in [6, 6.07) is 18.6. The van der Waals surface area contributed by atoms with Gasteiger partial charge in [-0.15, -0.1) is 0 Å². The maximum atomic E-state index is 13.9. The van der Waals surface area contributed by atoms with Gasteiger partial charge in [0.2, 0.25) is 20.6 Å². The molecule has 0 bridgehead atoms. The van der Waals surface area contributed by atoms with Gasteiger partial charge < -0.3 is 4.42 Å². The normalized spacial score (nSPS) is 16.3. The summed E-state index contributed by atoms with van der Waals surface area (Å²) in [5, 5.41) is 6.25. The van der Waals surface area contributed by atoms with Crippen molar-refractivity contribution in [1.29, 1.82) is 0 Å². The quantitative estimate of drug-likeness (QED) is 0.156. The fourth-order valence-corrected chi connectivity index (χ4v) is 8.11. The molecule has 43 heavy (non-hydrogen) atoms. The standard InChI is InChI=1S/C32H30N4O5S2/c1-3-24-8-6-7-17-35(24)43(39,40)25-14-12-22(13-15-25)31(38)36(32-34-27-16-11-21(2)18-29(27)42-32)33-19-23-20-41-28-10-5-4-9-26(28)30(23)37/h4-5,9-16,18-20,24H,3,6-8,17H2,1-2H3/b33-19+. The Morgan fingerprint density at radius 3 is 2.72 bits per heavy atom. The Balaban J connectivity index is 1.36. The predicted molar refractivity (Wildman–Crippen MR) is 170 cm³/mol. The number of aromatic nitrogens is 1. The van der Waals surface area contributed by atoms with Crippen LogP contribution in [0.1, 0.15) is 54.1 Å². The number of hydrogen-bond acceptors (Lipinski definition) is 8. The lowest BCUT2D eigenvalue weighted by atomic mass is 10.0. The second-order valence-corrected chi connectivity index (χ2v) is 13.4. The van der Waals surface area contributed by atoms with Crippen molar-refractivity contribution in [3.63, 3.8) is 0 Å². The van der Waals surface area contributed by atoms with E-state index >= 15 is 0 Å². The molecule has 1 saturated heterocycles. The lowest BCUT2D eigenvalue weighted by molar-refractivity contribution is 0.0987. The molecule has 2 aromatic heterocycles. The number of amides is 1. The van der Waals surface area contributed by atoms with Gasteiger partial charge in [-0.05, 0) is 80.3 Å². The van der Waals surface area contributed by atoms with Gasteiger partial charge in [0.05, 0.1) is 32.3 Å². The highest BCUT2D eigenvalue weighted by atomic mass is 32.2. The van der Waals surface area contributed by atoms with Gasteiger partial charge in [-0.25, -0.2) is 13.4 Å². The van der Waals surface area contributed by atoms with E-state index in [4.69, 9.17) is 4.42 Å². The lowest BCUT2D eigenvalue weighted by Gasteiger charge is -2.34. The minimum absolute atomic E-state index is 0.0275. The number of rotatable bonds is 7. The Morgan fingerprint density at radius 1 is 1.14 bits per heavy atom. The Kier molecular flexibility index (Phi) is 7.95. The minimum atomic E-state index is -3.71. The summed E-state index contributed by atoms with van der Waals surface area (Å²) >= 11 is 1.29. The number of thiazole rings is 1. The number of fused-ring (bicyclic) bond motifs is 2. The largest absolute Gasteiger partial charge is 0.463 e. The van der Waals surface area contributed by atoms with Crippen LogP contribution >= 0.6 is 11.3 Å². The van der Waals surface area contributed by atoms with E-state index < -0.39 is 15.9 Å². The number of para-hydroxylation sites is 1. The Morgan fingerprint density at radius 2 is 1.93 bits per heavy atom. The van der Waals surface area contributed by atoms with Gasteiger partial charge in [0.25, 0.3) is 5.91 Å². The predicted octanol–water partition coefficient (Wildman–Crippen LogP) is 6.35. The zero-order chi connectivity index (χ0) is 30.1. The van der Waals surface area contributed by atoms with Gasteiger partial charge in [-0.3, -0.25) is 9.59 Å². The number of anilines is 1. The number of piperidine rings is 1. The van der Waals surface area contributed by atoms with Crippen LogP contribution in [0.2, 0.25) is 0 Å². The maximum absolute atomic E-state index is 13.9. The van der Waals surface area contributed by atoms with Gasteiger partial charge in [0.15, 0.2) is 0 Å². The summed E-state index contributed by atoms with van der Waals surface area (Å²) in [5.74, 6) is -0.523. The first kappa shape index (κ1) is 28.9. The molecule has 0 saturated carbocycles. The zero-order valence-corrected chi connectivity index (χ0v) is 25.4. The van der Waals surface area contributed by atoms with E-state index in [2.05, 4.69) is 10.1 Å². The fourth-order valence-electron chi connectivity index (χ4n) is 5.33. The molecule has 5 aromatic rings. The van der Waals surface area contributed by atoms with E-state index in [9.17, 15) is 18.0 Å². The molecule has 6 rings (SSSR count). The van der Waals surface area contributed by atoms with Crippen LogP contribution < -0.4 is 10.4 Å². The molecule has 1 amide bonds. The molecule has 0 radical (unpaired) electrons. The fraction of sp³-hybridized carbons (Fsp3) is 0.250. The van der Waals surface area contributed by atoms with E-state index in [1.807, 2.05) is 32.0 Å². The smallest absolute Gasteiger partial charge is 0.280 e. The van der Waals surface area contributed by atoms with Crippen LogP contribution in [0, 0.1) is 6.92 Å².